The molecule has 0 bridgehead atoms. The van der Waals surface area contributed by atoms with E-state index in [2.05, 4.69) is 251 Å². The van der Waals surface area contributed by atoms with Crippen LogP contribution < -0.4 is 14.5 Å². The van der Waals surface area contributed by atoms with Gasteiger partial charge in [0.1, 0.15) is 6.67 Å². The molecule has 7 aromatic carbocycles. The van der Waals surface area contributed by atoms with E-state index in [0.717, 1.165) is 39.7 Å². The van der Waals surface area contributed by atoms with Crippen LogP contribution in [0.15, 0.2) is 174 Å². The Kier molecular flexibility index (Phi) is 10.7. The summed E-state index contributed by atoms with van der Waals surface area (Å²) in [5.41, 5.74) is 15.3. The number of hydrogen-bond donors (Lipinski definition) is 0. The maximum atomic E-state index is 7.08. The van der Waals surface area contributed by atoms with Crippen LogP contribution >= 0.6 is 0 Å². The molecule has 1 aliphatic rings. The molecular weight excluding hydrogens is 944 g/mol. The molecule has 0 saturated heterocycles. The predicted octanol–water partition coefficient (Wildman–Crippen LogP) is 16.7. The zero-order valence-electron chi connectivity index (χ0n) is 40.6. The van der Waals surface area contributed by atoms with Gasteiger partial charge in [-0.25, -0.2) is 0 Å². The van der Waals surface area contributed by atoms with Crippen LogP contribution in [-0.4, -0.2) is 36.7 Å². The molecule has 0 spiro atoms. The molecule has 0 atom stereocenters. The van der Waals surface area contributed by atoms with E-state index >= 15 is 0 Å². The number of nitrogens with zero attached hydrogens (tertiary/aromatic N) is 4. The Morgan fingerprint density at radius 2 is 1.07 bits per heavy atom. The van der Waals surface area contributed by atoms with Crippen molar-refractivity contribution in [3.63, 3.8) is 0 Å². The second kappa shape index (κ2) is 16.6. The van der Waals surface area contributed by atoms with Crippen LogP contribution in [0.2, 0.25) is 0 Å². The van der Waals surface area contributed by atoms with Crippen LogP contribution in [0.25, 0.3) is 58.8 Å². The summed E-state index contributed by atoms with van der Waals surface area (Å²) in [4.78, 5) is 10.4. The fraction of sp³-hybridized carbons (Fsp3) is 0.210. The molecule has 0 radical (unpaired) electrons. The summed E-state index contributed by atoms with van der Waals surface area (Å²) in [7, 11) is 0. The van der Waals surface area contributed by atoms with Crippen molar-refractivity contribution < 1.29 is 4.74 Å². The summed E-state index contributed by atoms with van der Waals surface area (Å²) < 4.78 is 13.1. The van der Waals surface area contributed by atoms with Crippen LogP contribution in [0.1, 0.15) is 79.0 Å². The number of benzene rings is 7. The Labute approximate surface area is 410 Å². The Morgan fingerprint density at radius 3 is 1.72 bits per heavy atom. The molecular formula is C62H58N4OTe. The van der Waals surface area contributed by atoms with Gasteiger partial charge in [-0.05, 0) is 46.4 Å². The molecule has 1 aliphatic heterocycles. The molecule has 11 rings (SSSR count). The summed E-state index contributed by atoms with van der Waals surface area (Å²) in [6.45, 7) is 21.3. The van der Waals surface area contributed by atoms with E-state index in [-0.39, 0.29) is 16.2 Å². The number of para-hydroxylation sites is 3. The number of hydrogen-bond acceptors (Lipinski definition) is 4. The average molecular weight is 1000 g/mol. The molecule has 0 saturated carbocycles. The van der Waals surface area contributed by atoms with Gasteiger partial charge in [-0.3, -0.25) is 0 Å². The van der Waals surface area contributed by atoms with Crippen LogP contribution in [0, 0.1) is 0 Å². The molecule has 338 valence electrons. The number of anilines is 4. The van der Waals surface area contributed by atoms with E-state index in [4.69, 9.17) is 9.72 Å². The third-order valence-electron chi connectivity index (χ3n) is 13.6. The molecule has 4 heterocycles. The average Bonchev–Trinajstić information content (AvgIpc) is 4.05. The van der Waals surface area contributed by atoms with Crippen molar-refractivity contribution >= 4 is 73.9 Å². The van der Waals surface area contributed by atoms with Crippen LogP contribution in [0.3, 0.4) is 0 Å². The molecule has 0 amide bonds. The van der Waals surface area contributed by atoms with Crippen LogP contribution in [0.4, 0.5) is 22.7 Å². The summed E-state index contributed by atoms with van der Waals surface area (Å²) in [6, 6.07) is 62.2. The van der Waals surface area contributed by atoms with Crippen molar-refractivity contribution in [1.29, 1.82) is 0 Å². The van der Waals surface area contributed by atoms with Gasteiger partial charge in [0.05, 0.1) is 17.1 Å². The van der Waals surface area contributed by atoms with E-state index in [1.807, 2.05) is 0 Å². The second-order valence-electron chi connectivity index (χ2n) is 21.4. The van der Waals surface area contributed by atoms with Gasteiger partial charge < -0.3 is 4.90 Å². The topological polar surface area (TPSA) is 33.5 Å². The molecule has 0 aliphatic carbocycles. The molecule has 0 unspecified atom stereocenters. The van der Waals surface area contributed by atoms with E-state index in [0.29, 0.717) is 6.67 Å². The maximum absolute atomic E-state index is 7.08. The summed E-state index contributed by atoms with van der Waals surface area (Å²) >= 11 is -0.493. The Bertz CT molecular complexity index is 3470. The van der Waals surface area contributed by atoms with Gasteiger partial charge in [-0.1, -0.05) is 114 Å². The van der Waals surface area contributed by atoms with Gasteiger partial charge in [-0.15, -0.1) is 0 Å². The van der Waals surface area contributed by atoms with Crippen molar-refractivity contribution in [3.05, 3.63) is 191 Å². The van der Waals surface area contributed by atoms with E-state index in [1.54, 1.807) is 0 Å². The number of aromatic nitrogens is 2. The number of ether oxygens (including phenoxy) is 1. The first-order valence-corrected chi connectivity index (χ1v) is 26.3. The summed E-state index contributed by atoms with van der Waals surface area (Å²) in [5, 5.41) is 3.70. The first kappa shape index (κ1) is 44.0. The molecule has 10 aromatic rings. The third kappa shape index (κ3) is 7.88. The third-order valence-corrected chi connectivity index (χ3v) is 15.9. The molecule has 0 fully saturated rings. The van der Waals surface area contributed by atoms with E-state index < -0.39 is 20.4 Å². The fourth-order valence-electron chi connectivity index (χ4n) is 9.96. The van der Waals surface area contributed by atoms with Crippen LogP contribution in [0.5, 0.6) is 11.5 Å². The Morgan fingerprint density at radius 1 is 0.485 bits per heavy atom. The minimum Gasteiger partial charge on any atom is -0.320 e. The Balaban J connectivity index is 1.05. The molecule has 3 aromatic heterocycles. The second-order valence-corrected chi connectivity index (χ2v) is 24.0. The minimum atomic E-state index is -0.493. The quantitative estimate of drug-likeness (QED) is 0.149. The van der Waals surface area contributed by atoms with Crippen molar-refractivity contribution in [2.45, 2.75) is 78.6 Å². The van der Waals surface area contributed by atoms with Crippen molar-refractivity contribution in [2.24, 2.45) is 0 Å². The van der Waals surface area contributed by atoms with E-state index in [1.165, 1.54) is 70.0 Å². The number of fused-ring (bicyclic) bond motifs is 5. The monoisotopic (exact) mass is 1000 g/mol. The first-order valence-electron chi connectivity index (χ1n) is 23.8. The minimum absolute atomic E-state index is 0.0234. The molecule has 68 heavy (non-hydrogen) atoms. The molecule has 0 N–H and O–H groups in total. The first-order chi connectivity index (χ1) is 32.6. The van der Waals surface area contributed by atoms with Gasteiger partial charge in [0.15, 0.2) is 0 Å². The van der Waals surface area contributed by atoms with Crippen molar-refractivity contribution in [2.75, 3.05) is 16.5 Å². The zero-order chi connectivity index (χ0) is 47.1. The normalized spacial score (nSPS) is 13.2. The van der Waals surface area contributed by atoms with Gasteiger partial charge in [0, 0.05) is 11.1 Å². The fourth-order valence-corrected chi connectivity index (χ4v) is 12.2. The van der Waals surface area contributed by atoms with Gasteiger partial charge in [-0.2, -0.15) is 0 Å². The van der Waals surface area contributed by atoms with Crippen molar-refractivity contribution in [3.8, 4) is 39.6 Å². The molecule has 5 nitrogen and oxygen atoms in total. The van der Waals surface area contributed by atoms with Crippen LogP contribution in [-0.2, 0) is 16.2 Å². The van der Waals surface area contributed by atoms with Gasteiger partial charge in [0.2, 0.25) is 0 Å². The van der Waals surface area contributed by atoms with Crippen molar-refractivity contribution in [1.82, 2.24) is 9.55 Å². The zero-order valence-corrected chi connectivity index (χ0v) is 42.9. The molecule has 6 heteroatoms. The van der Waals surface area contributed by atoms with Gasteiger partial charge >= 0.3 is 213 Å². The SMILES string of the molecule is CC(C)(C)c1cc(Oc2ccc3c4ccccc4n(-c4cc(C(C)(C)C)c5cc[te]c5n4)c3c2)cc(N2CN(c3c(-c4ccccc4)cc(C(C)(C)C)cc3-c3ccccc3)c3ccccc32)c1. The van der Waals surface area contributed by atoms with E-state index in [9.17, 15) is 0 Å². The summed E-state index contributed by atoms with van der Waals surface area (Å²) in [6.07, 6.45) is 0. The predicted molar refractivity (Wildman–Crippen MR) is 289 cm³/mol. The Hall–Kier alpha value is -6.58. The number of rotatable bonds is 7. The van der Waals surface area contributed by atoms with Gasteiger partial charge in [0.25, 0.3) is 0 Å². The standard InChI is InChI=1S/C62H58N4OTe/c1-60(2,3)42-32-44(36-46(33-42)67-45-28-29-48-47-24-16-17-25-53(47)66(56(48)37-45)57-38-52(62(7,8)9)49-30-31-68-59(49)63-57)64-39-65(55-27-19-18-26-54(55)64)58-50(40-20-12-10-13-21-40)34-43(61(4,5)6)35-51(58)41-22-14-11-15-23-41/h10-38H,39H2,1-9H3. The summed E-state index contributed by atoms with van der Waals surface area (Å²) in [5.74, 6) is 2.56. The smallest absolute Gasteiger partial charge is 0.320 e. The number of pyridine rings is 1.